The highest BCUT2D eigenvalue weighted by Crippen LogP contribution is 2.22. The number of nitrogens with zero attached hydrogens (tertiary/aromatic N) is 1. The minimum atomic E-state index is -3.19. The van der Waals surface area contributed by atoms with Crippen molar-refractivity contribution < 1.29 is 13.2 Å². The van der Waals surface area contributed by atoms with Crippen LogP contribution in [0.4, 0.5) is 0 Å². The van der Waals surface area contributed by atoms with Crippen molar-refractivity contribution in [1.29, 1.82) is 0 Å². The number of thiocarbonyl (C=S) groups is 1. The van der Waals surface area contributed by atoms with Gasteiger partial charge in [-0.05, 0) is 25.7 Å². The molecule has 2 aliphatic heterocycles. The van der Waals surface area contributed by atoms with Crippen LogP contribution in [-0.2, 0) is 14.8 Å². The van der Waals surface area contributed by atoms with Crippen molar-refractivity contribution in [2.24, 2.45) is 11.7 Å². The van der Waals surface area contributed by atoms with Gasteiger partial charge in [-0.1, -0.05) is 12.2 Å². The molecule has 104 valence electrons. The van der Waals surface area contributed by atoms with Crippen LogP contribution in [0.5, 0.6) is 0 Å². The molecule has 0 aromatic carbocycles. The normalized spacial score (nSPS) is 27.4. The molecule has 7 heteroatoms. The lowest BCUT2D eigenvalue weighted by atomic mass is 9.98. The standard InChI is InChI=1S/C11H20N2O3S2/c12-11(17)9-3-5-13(6-4-9)18(14,15)8-10-2-1-7-16-10/h9-10H,1-8H2,(H2,12,17). The molecule has 0 aromatic heterocycles. The summed E-state index contributed by atoms with van der Waals surface area (Å²) in [5, 5.41) is 0. The fourth-order valence-electron chi connectivity index (χ4n) is 2.53. The Labute approximate surface area is 114 Å². The Morgan fingerprint density at radius 1 is 1.33 bits per heavy atom. The number of hydrogen-bond acceptors (Lipinski definition) is 4. The second-order valence-corrected chi connectivity index (χ2v) is 7.47. The van der Waals surface area contributed by atoms with Gasteiger partial charge in [0.25, 0.3) is 0 Å². The summed E-state index contributed by atoms with van der Waals surface area (Å²) >= 11 is 4.95. The molecule has 0 amide bonds. The summed E-state index contributed by atoms with van der Waals surface area (Å²) in [5.74, 6) is 0.305. The van der Waals surface area contributed by atoms with E-state index in [2.05, 4.69) is 0 Å². The van der Waals surface area contributed by atoms with Crippen molar-refractivity contribution in [2.45, 2.75) is 31.8 Å². The Hall–Kier alpha value is -0.240. The molecule has 2 saturated heterocycles. The van der Waals surface area contributed by atoms with Crippen molar-refractivity contribution in [3.63, 3.8) is 0 Å². The van der Waals surface area contributed by atoms with Crippen molar-refractivity contribution in [1.82, 2.24) is 4.31 Å². The third-order valence-corrected chi connectivity index (χ3v) is 5.95. The molecule has 5 nitrogen and oxygen atoms in total. The lowest BCUT2D eigenvalue weighted by Crippen LogP contribution is -2.43. The number of sulfonamides is 1. The van der Waals surface area contributed by atoms with Crippen molar-refractivity contribution >= 4 is 27.2 Å². The maximum absolute atomic E-state index is 12.2. The molecule has 0 radical (unpaired) electrons. The Morgan fingerprint density at radius 2 is 2.00 bits per heavy atom. The van der Waals surface area contributed by atoms with E-state index in [0.717, 1.165) is 25.7 Å². The highest BCUT2D eigenvalue weighted by Gasteiger charge is 2.32. The molecule has 0 aromatic rings. The lowest BCUT2D eigenvalue weighted by molar-refractivity contribution is 0.126. The third kappa shape index (κ3) is 3.40. The summed E-state index contributed by atoms with van der Waals surface area (Å²) in [6.07, 6.45) is 3.16. The van der Waals surface area contributed by atoms with Crippen LogP contribution < -0.4 is 5.73 Å². The van der Waals surface area contributed by atoms with Crippen molar-refractivity contribution in [2.75, 3.05) is 25.4 Å². The first kappa shape index (κ1) is 14.2. The second-order valence-electron chi connectivity index (χ2n) is 4.99. The van der Waals surface area contributed by atoms with Crippen LogP contribution in [0.2, 0.25) is 0 Å². The maximum Gasteiger partial charge on any atom is 0.216 e. The topological polar surface area (TPSA) is 72.6 Å². The molecule has 2 fully saturated rings. The number of rotatable bonds is 4. The average Bonchev–Trinajstić information content (AvgIpc) is 2.81. The van der Waals surface area contributed by atoms with E-state index in [1.54, 1.807) is 4.31 Å². The van der Waals surface area contributed by atoms with E-state index in [0.29, 0.717) is 24.7 Å². The van der Waals surface area contributed by atoms with Gasteiger partial charge < -0.3 is 10.5 Å². The molecule has 1 atom stereocenters. The molecule has 0 bridgehead atoms. The Morgan fingerprint density at radius 3 is 2.50 bits per heavy atom. The van der Waals surface area contributed by atoms with Gasteiger partial charge in [-0.25, -0.2) is 12.7 Å². The minimum absolute atomic E-state index is 0.116. The number of piperidine rings is 1. The van der Waals surface area contributed by atoms with Crippen LogP contribution in [0, 0.1) is 5.92 Å². The zero-order valence-electron chi connectivity index (χ0n) is 10.4. The fraction of sp³-hybridized carbons (Fsp3) is 0.909. The van der Waals surface area contributed by atoms with Crippen LogP contribution in [0.25, 0.3) is 0 Å². The van der Waals surface area contributed by atoms with Gasteiger partial charge in [0.2, 0.25) is 10.0 Å². The van der Waals surface area contributed by atoms with Gasteiger partial charge in [0, 0.05) is 25.6 Å². The van der Waals surface area contributed by atoms with Crippen LogP contribution in [-0.4, -0.2) is 49.3 Å². The highest BCUT2D eigenvalue weighted by atomic mass is 32.2. The van der Waals surface area contributed by atoms with E-state index in [1.165, 1.54) is 0 Å². The Bertz CT molecular complexity index is 397. The second kappa shape index (κ2) is 5.81. The molecule has 0 spiro atoms. The van der Waals surface area contributed by atoms with E-state index < -0.39 is 10.0 Å². The summed E-state index contributed by atoms with van der Waals surface area (Å²) in [6.45, 7) is 1.73. The first-order valence-corrected chi connectivity index (χ1v) is 8.39. The summed E-state index contributed by atoms with van der Waals surface area (Å²) < 4.78 is 31.4. The predicted molar refractivity (Wildman–Crippen MR) is 73.8 cm³/mol. The SMILES string of the molecule is NC(=S)C1CCN(S(=O)(=O)CC2CCCO2)CC1. The summed E-state index contributed by atoms with van der Waals surface area (Å²) in [5.41, 5.74) is 5.60. The van der Waals surface area contributed by atoms with Crippen LogP contribution in [0.15, 0.2) is 0 Å². The quantitative estimate of drug-likeness (QED) is 0.764. The van der Waals surface area contributed by atoms with Crippen molar-refractivity contribution in [3.8, 4) is 0 Å². The fourth-order valence-corrected chi connectivity index (χ4v) is 4.48. The van der Waals surface area contributed by atoms with Gasteiger partial charge in [-0.3, -0.25) is 0 Å². The van der Waals surface area contributed by atoms with Gasteiger partial charge in [0.1, 0.15) is 0 Å². The number of hydrogen-bond donors (Lipinski definition) is 1. The number of ether oxygens (including phenoxy) is 1. The van der Waals surface area contributed by atoms with E-state index >= 15 is 0 Å². The molecular weight excluding hydrogens is 272 g/mol. The molecule has 2 heterocycles. The van der Waals surface area contributed by atoms with Crippen LogP contribution >= 0.6 is 12.2 Å². The lowest BCUT2D eigenvalue weighted by Gasteiger charge is -2.31. The largest absolute Gasteiger partial charge is 0.393 e. The number of nitrogens with two attached hydrogens (primary N) is 1. The molecule has 18 heavy (non-hydrogen) atoms. The van der Waals surface area contributed by atoms with E-state index in [-0.39, 0.29) is 17.8 Å². The van der Waals surface area contributed by atoms with Gasteiger partial charge in [0.15, 0.2) is 0 Å². The van der Waals surface area contributed by atoms with Crippen LogP contribution in [0.1, 0.15) is 25.7 Å². The van der Waals surface area contributed by atoms with Crippen LogP contribution in [0.3, 0.4) is 0 Å². The maximum atomic E-state index is 12.2. The monoisotopic (exact) mass is 292 g/mol. The molecule has 2 aliphatic rings. The van der Waals surface area contributed by atoms with Crippen molar-refractivity contribution in [3.05, 3.63) is 0 Å². The van der Waals surface area contributed by atoms with E-state index in [4.69, 9.17) is 22.7 Å². The molecule has 1 unspecified atom stereocenters. The predicted octanol–water partition coefficient (Wildman–Crippen LogP) is 0.493. The first-order chi connectivity index (χ1) is 8.49. The third-order valence-electron chi connectivity index (χ3n) is 3.67. The molecular formula is C11H20N2O3S2. The van der Waals surface area contributed by atoms with Gasteiger partial charge in [0.05, 0.1) is 16.8 Å². The highest BCUT2D eigenvalue weighted by molar-refractivity contribution is 7.89. The zero-order chi connectivity index (χ0) is 13.2. The van der Waals surface area contributed by atoms with E-state index in [1.807, 2.05) is 0 Å². The summed E-state index contributed by atoms with van der Waals surface area (Å²) in [4.78, 5) is 0.506. The van der Waals surface area contributed by atoms with E-state index in [9.17, 15) is 8.42 Å². The molecule has 0 aliphatic carbocycles. The first-order valence-electron chi connectivity index (χ1n) is 6.38. The molecule has 2 N–H and O–H groups in total. The summed E-state index contributed by atoms with van der Waals surface area (Å²) in [6, 6.07) is 0. The Kier molecular flexibility index (Phi) is 4.58. The van der Waals surface area contributed by atoms with Gasteiger partial charge >= 0.3 is 0 Å². The zero-order valence-corrected chi connectivity index (χ0v) is 12.0. The average molecular weight is 292 g/mol. The molecule has 2 rings (SSSR count). The molecule has 0 saturated carbocycles. The minimum Gasteiger partial charge on any atom is -0.393 e. The summed E-state index contributed by atoms with van der Waals surface area (Å²) in [7, 11) is -3.19. The van der Waals surface area contributed by atoms with Gasteiger partial charge in [-0.2, -0.15) is 0 Å². The smallest absolute Gasteiger partial charge is 0.216 e. The van der Waals surface area contributed by atoms with Gasteiger partial charge in [-0.15, -0.1) is 0 Å². The Balaban J connectivity index is 1.89.